The summed E-state index contributed by atoms with van der Waals surface area (Å²) in [7, 11) is -3.65. The van der Waals surface area contributed by atoms with Gasteiger partial charge >= 0.3 is 5.97 Å². The van der Waals surface area contributed by atoms with Gasteiger partial charge in [-0.15, -0.1) is 0 Å². The highest BCUT2D eigenvalue weighted by Crippen LogP contribution is 2.08. The van der Waals surface area contributed by atoms with Crippen LogP contribution in [0.1, 0.15) is 27.7 Å². The molecule has 1 unspecified atom stereocenters. The predicted octanol–water partition coefficient (Wildman–Crippen LogP) is -0.287. The van der Waals surface area contributed by atoms with Crippen molar-refractivity contribution in [3.8, 4) is 0 Å². The first-order valence-electron chi connectivity index (χ1n) is 5.87. The quantitative estimate of drug-likeness (QED) is 0.623. The van der Waals surface area contributed by atoms with Crippen molar-refractivity contribution >= 4 is 15.8 Å². The normalized spacial score (nSPS) is 14.3. The summed E-state index contributed by atoms with van der Waals surface area (Å²) >= 11 is 0. The molecule has 0 aromatic heterocycles. The largest absolute Gasteiger partial charge is 0.459 e. The molecule has 0 spiro atoms. The average Bonchev–Trinajstić information content (AvgIpc) is 2.09. The van der Waals surface area contributed by atoms with Crippen molar-refractivity contribution in [2.45, 2.75) is 39.4 Å². The van der Waals surface area contributed by atoms with Crippen LogP contribution in [0.15, 0.2) is 0 Å². The van der Waals surface area contributed by atoms with Crippen LogP contribution in [0.2, 0.25) is 0 Å². The number of nitrogens with one attached hydrogen (secondary N) is 1. The van der Waals surface area contributed by atoms with Crippen LogP contribution in [0.25, 0.3) is 0 Å². The minimum absolute atomic E-state index is 0.185. The van der Waals surface area contributed by atoms with Crippen LogP contribution in [0.3, 0.4) is 0 Å². The lowest BCUT2D eigenvalue weighted by Gasteiger charge is -2.19. The number of likely N-dealkylation sites (N-methyl/N-ethyl adjacent to an activating group) is 1. The maximum absolute atomic E-state index is 11.6. The average molecular weight is 281 g/mol. The van der Waals surface area contributed by atoms with E-state index in [1.165, 1.54) is 0 Å². The number of carbonyl (C=O) groups excluding carboxylic acids is 1. The van der Waals surface area contributed by atoms with E-state index in [2.05, 4.69) is 5.32 Å². The van der Waals surface area contributed by atoms with Crippen molar-refractivity contribution in [2.75, 3.05) is 24.6 Å². The van der Waals surface area contributed by atoms with Crippen molar-refractivity contribution in [2.24, 2.45) is 0 Å². The Hall–Kier alpha value is -0.660. The summed E-state index contributed by atoms with van der Waals surface area (Å²) in [5.41, 5.74) is -0.713. The SMILES string of the molecule is CCNCC(O)CS(=O)(=O)CC(=O)OC(C)(C)C. The molecule has 0 amide bonds. The van der Waals surface area contributed by atoms with E-state index in [0.29, 0.717) is 6.54 Å². The molecule has 0 rings (SSSR count). The number of rotatable bonds is 7. The van der Waals surface area contributed by atoms with E-state index in [-0.39, 0.29) is 6.54 Å². The highest BCUT2D eigenvalue weighted by molar-refractivity contribution is 7.92. The van der Waals surface area contributed by atoms with Gasteiger partial charge in [-0.2, -0.15) is 0 Å². The molecule has 0 aliphatic rings. The maximum Gasteiger partial charge on any atom is 0.321 e. The summed E-state index contributed by atoms with van der Waals surface area (Å²) in [6.07, 6.45) is -1.02. The zero-order valence-electron chi connectivity index (χ0n) is 11.4. The predicted molar refractivity (Wildman–Crippen MR) is 69.0 cm³/mol. The summed E-state index contributed by atoms with van der Waals surface area (Å²) < 4.78 is 28.1. The second-order valence-electron chi connectivity index (χ2n) is 5.10. The van der Waals surface area contributed by atoms with Crippen molar-refractivity contribution in [3.05, 3.63) is 0 Å². The van der Waals surface area contributed by atoms with Crippen molar-refractivity contribution < 1.29 is 23.1 Å². The fraction of sp³-hybridized carbons (Fsp3) is 0.909. The Kier molecular flexibility index (Phi) is 6.80. The molecule has 7 heteroatoms. The highest BCUT2D eigenvalue weighted by atomic mass is 32.2. The number of aliphatic hydroxyl groups is 1. The molecule has 108 valence electrons. The molecule has 0 aromatic carbocycles. The van der Waals surface area contributed by atoms with Gasteiger partial charge in [0.05, 0.1) is 11.9 Å². The highest BCUT2D eigenvalue weighted by Gasteiger charge is 2.24. The van der Waals surface area contributed by atoms with E-state index >= 15 is 0 Å². The molecule has 0 bridgehead atoms. The zero-order valence-corrected chi connectivity index (χ0v) is 12.2. The molecule has 0 fully saturated rings. The van der Waals surface area contributed by atoms with E-state index < -0.39 is 39.0 Å². The standard InChI is InChI=1S/C11H23NO5S/c1-5-12-6-9(13)7-18(15,16)8-10(14)17-11(2,3)4/h9,12-13H,5-8H2,1-4H3. The fourth-order valence-corrected chi connectivity index (χ4v) is 2.51. The molecule has 0 radical (unpaired) electrons. The van der Waals surface area contributed by atoms with E-state index in [4.69, 9.17) is 4.74 Å². The van der Waals surface area contributed by atoms with E-state index in [0.717, 1.165) is 0 Å². The van der Waals surface area contributed by atoms with Gasteiger partial charge in [-0.1, -0.05) is 6.92 Å². The summed E-state index contributed by atoms with van der Waals surface area (Å²) in [5.74, 6) is -1.94. The van der Waals surface area contributed by atoms with Gasteiger partial charge in [-0.05, 0) is 27.3 Å². The van der Waals surface area contributed by atoms with Gasteiger partial charge in [-0.25, -0.2) is 8.42 Å². The summed E-state index contributed by atoms with van der Waals surface area (Å²) in [6, 6.07) is 0. The molecule has 0 aliphatic heterocycles. The van der Waals surface area contributed by atoms with Gasteiger partial charge in [0.25, 0.3) is 0 Å². The molecule has 0 aliphatic carbocycles. The lowest BCUT2D eigenvalue weighted by molar-refractivity contribution is -0.151. The van der Waals surface area contributed by atoms with E-state index in [1.807, 2.05) is 6.92 Å². The summed E-state index contributed by atoms with van der Waals surface area (Å²) in [4.78, 5) is 11.4. The Balaban J connectivity index is 4.27. The molecule has 1 atom stereocenters. The number of ether oxygens (including phenoxy) is 1. The molecule has 0 saturated carbocycles. The Morgan fingerprint density at radius 3 is 2.39 bits per heavy atom. The Morgan fingerprint density at radius 1 is 1.39 bits per heavy atom. The molecule has 0 saturated heterocycles. The maximum atomic E-state index is 11.6. The van der Waals surface area contributed by atoms with Crippen LogP contribution in [-0.4, -0.2) is 55.8 Å². The number of esters is 1. The third-order valence-electron chi connectivity index (χ3n) is 1.83. The zero-order chi connectivity index (χ0) is 14.4. The minimum Gasteiger partial charge on any atom is -0.459 e. The fourth-order valence-electron chi connectivity index (χ4n) is 1.27. The molecular formula is C11H23NO5S. The van der Waals surface area contributed by atoms with Crippen LogP contribution in [0.5, 0.6) is 0 Å². The molecule has 0 heterocycles. The minimum atomic E-state index is -3.65. The first-order chi connectivity index (χ1) is 8.06. The molecule has 6 nitrogen and oxygen atoms in total. The number of aliphatic hydroxyl groups excluding tert-OH is 1. The first-order valence-corrected chi connectivity index (χ1v) is 7.69. The van der Waals surface area contributed by atoms with Gasteiger partial charge in [-0.3, -0.25) is 4.79 Å². The van der Waals surface area contributed by atoms with E-state index in [1.54, 1.807) is 20.8 Å². The number of sulfone groups is 1. The van der Waals surface area contributed by atoms with Gasteiger partial charge in [0, 0.05) is 6.54 Å². The van der Waals surface area contributed by atoms with Crippen molar-refractivity contribution in [1.29, 1.82) is 0 Å². The Bertz CT molecular complexity index is 358. The number of hydrogen-bond acceptors (Lipinski definition) is 6. The first kappa shape index (κ1) is 17.3. The third kappa shape index (κ3) is 9.38. The van der Waals surface area contributed by atoms with Crippen LogP contribution >= 0.6 is 0 Å². The van der Waals surface area contributed by atoms with Crippen LogP contribution in [0, 0.1) is 0 Å². The van der Waals surface area contributed by atoms with Gasteiger partial charge < -0.3 is 15.2 Å². The van der Waals surface area contributed by atoms with Crippen LogP contribution in [0.4, 0.5) is 0 Å². The number of carbonyl (C=O) groups is 1. The molecule has 0 aromatic rings. The lowest BCUT2D eigenvalue weighted by atomic mass is 10.2. The Morgan fingerprint density at radius 2 is 1.94 bits per heavy atom. The lowest BCUT2D eigenvalue weighted by Crippen LogP contribution is -2.36. The number of hydrogen-bond donors (Lipinski definition) is 2. The monoisotopic (exact) mass is 281 g/mol. The Labute approximate surface area is 109 Å². The van der Waals surface area contributed by atoms with Gasteiger partial charge in [0.15, 0.2) is 9.84 Å². The van der Waals surface area contributed by atoms with Crippen LogP contribution < -0.4 is 5.32 Å². The molecular weight excluding hydrogens is 258 g/mol. The molecule has 18 heavy (non-hydrogen) atoms. The van der Waals surface area contributed by atoms with Crippen molar-refractivity contribution in [1.82, 2.24) is 5.32 Å². The second kappa shape index (κ2) is 7.06. The topological polar surface area (TPSA) is 92.7 Å². The summed E-state index contributed by atoms with van der Waals surface area (Å²) in [5, 5.41) is 12.3. The van der Waals surface area contributed by atoms with Gasteiger partial charge in [0.1, 0.15) is 11.4 Å². The molecule has 2 N–H and O–H groups in total. The summed E-state index contributed by atoms with van der Waals surface area (Å²) in [6.45, 7) is 7.67. The van der Waals surface area contributed by atoms with Gasteiger partial charge in [0.2, 0.25) is 0 Å². The van der Waals surface area contributed by atoms with Crippen LogP contribution in [-0.2, 0) is 19.4 Å². The second-order valence-corrected chi connectivity index (χ2v) is 7.21. The third-order valence-corrected chi connectivity index (χ3v) is 3.40. The smallest absolute Gasteiger partial charge is 0.321 e. The van der Waals surface area contributed by atoms with Crippen molar-refractivity contribution in [3.63, 3.8) is 0 Å². The van der Waals surface area contributed by atoms with E-state index in [9.17, 15) is 18.3 Å².